The minimum absolute atomic E-state index is 0.0598. The normalized spacial score (nSPS) is 10.1. The molecule has 0 atom stereocenters. The van der Waals surface area contributed by atoms with Crippen molar-refractivity contribution in [3.63, 3.8) is 0 Å². The van der Waals surface area contributed by atoms with Gasteiger partial charge in [-0.05, 0) is 23.8 Å². The Morgan fingerprint density at radius 3 is 2.50 bits per heavy atom. The summed E-state index contributed by atoms with van der Waals surface area (Å²) in [7, 11) is 0. The van der Waals surface area contributed by atoms with E-state index in [1.165, 1.54) is 12.1 Å². The predicted molar refractivity (Wildman–Crippen MR) is 71.7 cm³/mol. The van der Waals surface area contributed by atoms with E-state index in [-0.39, 0.29) is 5.56 Å². The van der Waals surface area contributed by atoms with E-state index in [4.69, 9.17) is 0 Å². The fraction of sp³-hybridized carbons (Fsp3) is 0.0714. The number of halogens is 2. The molecule has 0 aliphatic rings. The molecular weight excluding hydrogens is 297 g/mol. The first-order valence-corrected chi connectivity index (χ1v) is 6.24. The second-order valence-corrected chi connectivity index (χ2v) is 4.61. The average Bonchev–Trinajstić information content (AvgIpc) is 2.38. The van der Waals surface area contributed by atoms with E-state index < -0.39 is 11.7 Å². The molecule has 0 unspecified atom stereocenters. The Morgan fingerprint density at radius 1 is 1.11 bits per heavy atom. The lowest BCUT2D eigenvalue weighted by molar-refractivity contribution is 0.0947. The minimum atomic E-state index is -0.512. The number of carbonyl (C=O) groups is 1. The zero-order valence-corrected chi connectivity index (χ0v) is 11.1. The highest BCUT2D eigenvalue weighted by Gasteiger charge is 2.10. The summed E-state index contributed by atoms with van der Waals surface area (Å²) in [5.74, 6) is -0.925. The molecule has 0 aromatic heterocycles. The highest BCUT2D eigenvalue weighted by molar-refractivity contribution is 9.10. The lowest BCUT2D eigenvalue weighted by Gasteiger charge is -2.07. The standard InChI is InChI=1S/C14H11BrFNO/c15-12-7-3-1-5-10(12)9-17-14(18)11-6-2-4-8-13(11)16/h1-8H,9H2,(H,17,18). The van der Waals surface area contributed by atoms with Gasteiger partial charge in [-0.15, -0.1) is 0 Å². The molecule has 0 aliphatic carbocycles. The summed E-state index contributed by atoms with van der Waals surface area (Å²) in [4.78, 5) is 11.8. The maximum Gasteiger partial charge on any atom is 0.254 e. The van der Waals surface area contributed by atoms with Gasteiger partial charge in [0.2, 0.25) is 0 Å². The lowest BCUT2D eigenvalue weighted by atomic mass is 10.2. The van der Waals surface area contributed by atoms with Crippen molar-refractivity contribution in [1.82, 2.24) is 5.32 Å². The van der Waals surface area contributed by atoms with Gasteiger partial charge in [0.25, 0.3) is 5.91 Å². The summed E-state index contributed by atoms with van der Waals surface area (Å²) < 4.78 is 14.3. The molecule has 0 saturated heterocycles. The third-order valence-electron chi connectivity index (χ3n) is 2.52. The fourth-order valence-corrected chi connectivity index (χ4v) is 1.98. The SMILES string of the molecule is O=C(NCc1ccccc1Br)c1ccccc1F. The van der Waals surface area contributed by atoms with Gasteiger partial charge in [0.1, 0.15) is 5.82 Å². The molecule has 18 heavy (non-hydrogen) atoms. The number of hydrogen-bond acceptors (Lipinski definition) is 1. The number of rotatable bonds is 3. The molecule has 1 N–H and O–H groups in total. The van der Waals surface area contributed by atoms with Crippen molar-refractivity contribution in [1.29, 1.82) is 0 Å². The Hall–Kier alpha value is -1.68. The maximum absolute atomic E-state index is 13.4. The Morgan fingerprint density at radius 2 is 1.78 bits per heavy atom. The summed E-state index contributed by atoms with van der Waals surface area (Å²) in [6.07, 6.45) is 0. The zero-order valence-electron chi connectivity index (χ0n) is 9.49. The second-order valence-electron chi connectivity index (χ2n) is 3.75. The van der Waals surface area contributed by atoms with Crippen molar-refractivity contribution in [3.8, 4) is 0 Å². The van der Waals surface area contributed by atoms with Gasteiger partial charge in [0.15, 0.2) is 0 Å². The number of nitrogens with one attached hydrogen (secondary N) is 1. The van der Waals surface area contributed by atoms with E-state index >= 15 is 0 Å². The highest BCUT2D eigenvalue weighted by atomic mass is 79.9. The summed E-state index contributed by atoms with van der Waals surface area (Å²) in [6.45, 7) is 0.356. The quantitative estimate of drug-likeness (QED) is 0.923. The predicted octanol–water partition coefficient (Wildman–Crippen LogP) is 3.52. The van der Waals surface area contributed by atoms with Crippen molar-refractivity contribution in [2.45, 2.75) is 6.54 Å². The summed E-state index contributed by atoms with van der Waals surface area (Å²) in [5.41, 5.74) is 1.01. The number of amides is 1. The Balaban J connectivity index is 2.06. The fourth-order valence-electron chi connectivity index (χ4n) is 1.56. The molecule has 0 radical (unpaired) electrons. The topological polar surface area (TPSA) is 29.1 Å². The van der Waals surface area contributed by atoms with Gasteiger partial charge in [0.05, 0.1) is 5.56 Å². The lowest BCUT2D eigenvalue weighted by Crippen LogP contribution is -2.23. The molecule has 0 spiro atoms. The first kappa shape index (κ1) is 12.8. The monoisotopic (exact) mass is 307 g/mol. The first-order chi connectivity index (χ1) is 8.68. The second kappa shape index (κ2) is 5.78. The zero-order chi connectivity index (χ0) is 13.0. The van der Waals surface area contributed by atoms with Gasteiger partial charge in [-0.3, -0.25) is 4.79 Å². The van der Waals surface area contributed by atoms with Crippen LogP contribution in [0, 0.1) is 5.82 Å². The van der Waals surface area contributed by atoms with E-state index in [1.54, 1.807) is 12.1 Å². The number of hydrogen-bond donors (Lipinski definition) is 1. The van der Waals surface area contributed by atoms with Crippen LogP contribution in [0.25, 0.3) is 0 Å². The van der Waals surface area contributed by atoms with Crippen molar-refractivity contribution in [3.05, 3.63) is 69.9 Å². The molecule has 0 saturated carbocycles. The molecule has 92 valence electrons. The summed E-state index contributed by atoms with van der Waals surface area (Å²) in [5, 5.41) is 2.69. The van der Waals surface area contributed by atoms with Crippen LogP contribution in [0.2, 0.25) is 0 Å². The molecule has 2 aromatic rings. The van der Waals surface area contributed by atoms with Crippen LogP contribution in [0.3, 0.4) is 0 Å². The van der Waals surface area contributed by atoms with E-state index in [0.29, 0.717) is 6.54 Å². The van der Waals surface area contributed by atoms with Crippen LogP contribution in [-0.4, -0.2) is 5.91 Å². The van der Waals surface area contributed by atoms with Crippen LogP contribution >= 0.6 is 15.9 Å². The van der Waals surface area contributed by atoms with Gasteiger partial charge >= 0.3 is 0 Å². The van der Waals surface area contributed by atoms with Gasteiger partial charge in [-0.2, -0.15) is 0 Å². The molecule has 0 heterocycles. The molecular formula is C14H11BrFNO. The third kappa shape index (κ3) is 2.96. The van der Waals surface area contributed by atoms with Crippen LogP contribution in [-0.2, 0) is 6.54 Å². The number of carbonyl (C=O) groups excluding carboxylic acids is 1. The van der Waals surface area contributed by atoms with Crippen LogP contribution in [0.1, 0.15) is 15.9 Å². The van der Waals surface area contributed by atoms with Gasteiger partial charge < -0.3 is 5.32 Å². The van der Waals surface area contributed by atoms with Crippen molar-refractivity contribution >= 4 is 21.8 Å². The maximum atomic E-state index is 13.4. The van der Waals surface area contributed by atoms with E-state index in [2.05, 4.69) is 21.2 Å². The summed E-state index contributed by atoms with van der Waals surface area (Å²) >= 11 is 3.39. The Bertz CT molecular complexity index is 571. The third-order valence-corrected chi connectivity index (χ3v) is 3.29. The first-order valence-electron chi connectivity index (χ1n) is 5.44. The molecule has 2 rings (SSSR count). The van der Waals surface area contributed by atoms with Crippen molar-refractivity contribution in [2.24, 2.45) is 0 Å². The minimum Gasteiger partial charge on any atom is -0.348 e. The van der Waals surface area contributed by atoms with Gasteiger partial charge in [-0.25, -0.2) is 4.39 Å². The Kier molecular flexibility index (Phi) is 4.10. The molecule has 4 heteroatoms. The highest BCUT2D eigenvalue weighted by Crippen LogP contribution is 2.15. The molecule has 1 amide bonds. The average molecular weight is 308 g/mol. The van der Waals surface area contributed by atoms with E-state index in [9.17, 15) is 9.18 Å². The molecule has 2 aromatic carbocycles. The number of benzene rings is 2. The largest absolute Gasteiger partial charge is 0.348 e. The van der Waals surface area contributed by atoms with Gasteiger partial charge in [-0.1, -0.05) is 46.3 Å². The molecule has 2 nitrogen and oxygen atoms in total. The van der Waals surface area contributed by atoms with Crippen LogP contribution < -0.4 is 5.32 Å². The van der Waals surface area contributed by atoms with Crippen LogP contribution in [0.5, 0.6) is 0 Å². The van der Waals surface area contributed by atoms with Crippen LogP contribution in [0.4, 0.5) is 4.39 Å². The van der Waals surface area contributed by atoms with E-state index in [0.717, 1.165) is 10.0 Å². The van der Waals surface area contributed by atoms with Gasteiger partial charge in [0, 0.05) is 11.0 Å². The smallest absolute Gasteiger partial charge is 0.254 e. The van der Waals surface area contributed by atoms with Crippen molar-refractivity contribution in [2.75, 3.05) is 0 Å². The summed E-state index contributed by atoms with van der Waals surface area (Å²) in [6, 6.07) is 13.5. The van der Waals surface area contributed by atoms with Crippen molar-refractivity contribution < 1.29 is 9.18 Å². The van der Waals surface area contributed by atoms with Crippen LogP contribution in [0.15, 0.2) is 53.0 Å². The molecule has 0 aliphatic heterocycles. The molecule has 0 fully saturated rings. The molecule has 0 bridgehead atoms. The van der Waals surface area contributed by atoms with E-state index in [1.807, 2.05) is 24.3 Å². The Labute approximate surface area is 113 Å².